The average Bonchev–Trinajstić information content (AvgIpc) is 2.51. The van der Waals surface area contributed by atoms with E-state index in [1.807, 2.05) is 25.2 Å². The quantitative estimate of drug-likeness (QED) is 0.791. The second kappa shape index (κ2) is 5.33. The summed E-state index contributed by atoms with van der Waals surface area (Å²) in [5.41, 5.74) is 3.27. The zero-order chi connectivity index (χ0) is 15.0. The number of benzene rings is 1. The van der Waals surface area contributed by atoms with E-state index in [-0.39, 0.29) is 5.97 Å². The molecule has 0 N–H and O–H groups in total. The number of methoxy groups -OCH3 is 2. The maximum Gasteiger partial charge on any atom is 0.338 e. The molecule has 1 aliphatic rings. The van der Waals surface area contributed by atoms with Crippen LogP contribution < -0.4 is 4.74 Å². The minimum absolute atomic E-state index is 0.317. The minimum atomic E-state index is -0.317. The molecule has 110 valence electrons. The third-order valence-electron chi connectivity index (χ3n) is 3.93. The van der Waals surface area contributed by atoms with E-state index >= 15 is 0 Å². The van der Waals surface area contributed by atoms with Crippen LogP contribution in [0.3, 0.4) is 0 Å². The molecule has 0 saturated carbocycles. The van der Waals surface area contributed by atoms with Crippen LogP contribution in [0.4, 0.5) is 0 Å². The molecule has 0 radical (unpaired) electrons. The predicted octanol–water partition coefficient (Wildman–Crippen LogP) is 2.02. The van der Waals surface area contributed by atoms with Crippen LogP contribution in [0, 0.1) is 0 Å². The van der Waals surface area contributed by atoms with Crippen molar-refractivity contribution in [1.82, 2.24) is 9.88 Å². The molecule has 3 rings (SSSR count). The smallest absolute Gasteiger partial charge is 0.338 e. The topological polar surface area (TPSA) is 51.7 Å². The normalized spacial score (nSPS) is 14.8. The second-order valence-corrected chi connectivity index (χ2v) is 5.25. The molecule has 1 aromatic carbocycles. The van der Waals surface area contributed by atoms with E-state index in [1.54, 1.807) is 7.11 Å². The van der Waals surface area contributed by atoms with Crippen LogP contribution in [0.15, 0.2) is 18.2 Å². The molecule has 5 nitrogen and oxygen atoms in total. The van der Waals surface area contributed by atoms with Gasteiger partial charge in [-0.05, 0) is 13.1 Å². The number of ether oxygens (including phenoxy) is 2. The fraction of sp³-hybridized carbons (Fsp3) is 0.375. The first-order valence-electron chi connectivity index (χ1n) is 6.91. The Kier molecular flexibility index (Phi) is 3.51. The van der Waals surface area contributed by atoms with Crippen LogP contribution in [0.2, 0.25) is 0 Å². The molecule has 0 amide bonds. The molecule has 0 bridgehead atoms. The number of aromatic nitrogens is 1. The van der Waals surface area contributed by atoms with Gasteiger partial charge in [-0.3, -0.25) is 0 Å². The van der Waals surface area contributed by atoms with Gasteiger partial charge in [-0.15, -0.1) is 0 Å². The molecule has 1 aromatic heterocycles. The van der Waals surface area contributed by atoms with Crippen LogP contribution in [0.25, 0.3) is 10.9 Å². The number of nitrogens with zero attached hydrogens (tertiary/aromatic N) is 2. The summed E-state index contributed by atoms with van der Waals surface area (Å²) in [6.45, 7) is 1.64. The molecule has 1 aliphatic heterocycles. The molecule has 0 unspecified atom stereocenters. The predicted molar refractivity (Wildman–Crippen MR) is 79.7 cm³/mol. The van der Waals surface area contributed by atoms with E-state index < -0.39 is 0 Å². The number of carbonyl (C=O) groups is 1. The summed E-state index contributed by atoms with van der Waals surface area (Å²) in [6, 6.07) is 5.62. The lowest BCUT2D eigenvalue weighted by Gasteiger charge is -2.26. The van der Waals surface area contributed by atoms with Crippen LogP contribution in [-0.4, -0.2) is 43.7 Å². The highest BCUT2D eigenvalue weighted by Crippen LogP contribution is 2.32. The fourth-order valence-corrected chi connectivity index (χ4v) is 2.87. The number of hydrogen-bond donors (Lipinski definition) is 0. The Morgan fingerprint density at radius 3 is 2.86 bits per heavy atom. The van der Waals surface area contributed by atoms with Crippen molar-refractivity contribution in [3.05, 3.63) is 35.0 Å². The van der Waals surface area contributed by atoms with Gasteiger partial charge < -0.3 is 14.4 Å². The van der Waals surface area contributed by atoms with Crippen LogP contribution in [0.1, 0.15) is 21.6 Å². The maximum absolute atomic E-state index is 12.3. The summed E-state index contributed by atoms with van der Waals surface area (Å²) in [6.07, 6.45) is 0.823. The minimum Gasteiger partial charge on any atom is -0.494 e. The summed E-state index contributed by atoms with van der Waals surface area (Å²) in [7, 11) is 5.06. The summed E-state index contributed by atoms with van der Waals surface area (Å²) in [5, 5.41) is 0.787. The van der Waals surface area contributed by atoms with Crippen molar-refractivity contribution >= 4 is 16.9 Å². The molecule has 0 aliphatic carbocycles. The zero-order valence-electron chi connectivity index (χ0n) is 12.5. The number of hydrogen-bond acceptors (Lipinski definition) is 5. The van der Waals surface area contributed by atoms with Gasteiger partial charge in [0.15, 0.2) is 0 Å². The molecule has 0 spiro atoms. The van der Waals surface area contributed by atoms with E-state index in [1.165, 1.54) is 7.11 Å². The Hall–Kier alpha value is -2.14. The van der Waals surface area contributed by atoms with Gasteiger partial charge in [-0.1, -0.05) is 12.1 Å². The van der Waals surface area contributed by atoms with Gasteiger partial charge >= 0.3 is 5.97 Å². The molecule has 0 atom stereocenters. The molecule has 0 fully saturated rings. The SMILES string of the molecule is COC(=O)c1c2c(nc3c(OC)cccc13)CCN(C)C2. The van der Waals surface area contributed by atoms with Crippen molar-refractivity contribution in [2.45, 2.75) is 13.0 Å². The molecular weight excluding hydrogens is 268 g/mol. The Morgan fingerprint density at radius 2 is 2.14 bits per heavy atom. The van der Waals surface area contributed by atoms with E-state index in [4.69, 9.17) is 14.5 Å². The third kappa shape index (κ3) is 2.23. The average molecular weight is 286 g/mol. The van der Waals surface area contributed by atoms with Gasteiger partial charge in [0, 0.05) is 36.2 Å². The largest absolute Gasteiger partial charge is 0.494 e. The zero-order valence-corrected chi connectivity index (χ0v) is 12.5. The molecule has 5 heteroatoms. The third-order valence-corrected chi connectivity index (χ3v) is 3.93. The Balaban J connectivity index is 2.36. The lowest BCUT2D eigenvalue weighted by atomic mass is 9.96. The van der Waals surface area contributed by atoms with Crippen molar-refractivity contribution in [2.24, 2.45) is 0 Å². The van der Waals surface area contributed by atoms with Crippen molar-refractivity contribution in [1.29, 1.82) is 0 Å². The summed E-state index contributed by atoms with van der Waals surface area (Å²) < 4.78 is 10.4. The van der Waals surface area contributed by atoms with Gasteiger partial charge in [0.1, 0.15) is 11.3 Å². The van der Waals surface area contributed by atoms with Gasteiger partial charge in [0.25, 0.3) is 0 Å². The van der Waals surface area contributed by atoms with Crippen molar-refractivity contribution < 1.29 is 14.3 Å². The highest BCUT2D eigenvalue weighted by molar-refractivity contribution is 6.06. The van der Waals surface area contributed by atoms with Gasteiger partial charge in [-0.2, -0.15) is 0 Å². The highest BCUT2D eigenvalue weighted by Gasteiger charge is 2.25. The monoisotopic (exact) mass is 286 g/mol. The number of pyridine rings is 1. The van der Waals surface area contributed by atoms with Gasteiger partial charge in [0.05, 0.1) is 19.8 Å². The second-order valence-electron chi connectivity index (χ2n) is 5.25. The molecule has 21 heavy (non-hydrogen) atoms. The van der Waals surface area contributed by atoms with Crippen LogP contribution >= 0.6 is 0 Å². The maximum atomic E-state index is 12.3. The van der Waals surface area contributed by atoms with E-state index in [0.29, 0.717) is 17.9 Å². The molecular formula is C16H18N2O3. The first-order valence-corrected chi connectivity index (χ1v) is 6.91. The lowest BCUT2D eigenvalue weighted by molar-refractivity contribution is 0.0600. The van der Waals surface area contributed by atoms with E-state index in [9.17, 15) is 4.79 Å². The van der Waals surface area contributed by atoms with Crippen molar-refractivity contribution in [3.8, 4) is 5.75 Å². The molecule has 0 saturated heterocycles. The number of likely N-dealkylation sites (N-methyl/N-ethyl adjacent to an activating group) is 1. The number of para-hydroxylation sites is 1. The van der Waals surface area contributed by atoms with Crippen LogP contribution in [0.5, 0.6) is 5.75 Å². The molecule has 2 aromatic rings. The fourth-order valence-electron chi connectivity index (χ4n) is 2.87. The summed E-state index contributed by atoms with van der Waals surface area (Å²) in [5.74, 6) is 0.363. The number of rotatable bonds is 2. The van der Waals surface area contributed by atoms with Gasteiger partial charge in [-0.25, -0.2) is 9.78 Å². The molecule has 2 heterocycles. The van der Waals surface area contributed by atoms with Crippen molar-refractivity contribution in [2.75, 3.05) is 27.8 Å². The first-order chi connectivity index (χ1) is 10.2. The van der Waals surface area contributed by atoms with E-state index in [2.05, 4.69) is 4.90 Å². The Labute approximate surface area is 123 Å². The Morgan fingerprint density at radius 1 is 1.33 bits per heavy atom. The summed E-state index contributed by atoms with van der Waals surface area (Å²) in [4.78, 5) is 19.2. The lowest BCUT2D eigenvalue weighted by Crippen LogP contribution is -2.29. The van der Waals surface area contributed by atoms with Crippen LogP contribution in [-0.2, 0) is 17.7 Å². The standard InChI is InChI=1S/C16H18N2O3/c1-18-8-7-12-11(9-18)14(16(19)21-3)10-5-4-6-13(20-2)15(10)17-12/h4-6H,7-9H2,1-3H3. The highest BCUT2D eigenvalue weighted by atomic mass is 16.5. The number of esters is 1. The number of fused-ring (bicyclic) bond motifs is 2. The number of carbonyl (C=O) groups excluding carboxylic acids is 1. The van der Waals surface area contributed by atoms with Gasteiger partial charge in [0.2, 0.25) is 0 Å². The van der Waals surface area contributed by atoms with Crippen molar-refractivity contribution in [3.63, 3.8) is 0 Å². The Bertz CT molecular complexity index is 712. The first kappa shape index (κ1) is 13.8. The summed E-state index contributed by atoms with van der Waals surface area (Å²) >= 11 is 0. The van der Waals surface area contributed by atoms with E-state index in [0.717, 1.165) is 35.1 Å².